The molecule has 4 rings (SSSR count). The van der Waals surface area contributed by atoms with Gasteiger partial charge in [0.2, 0.25) is 0 Å². The summed E-state index contributed by atoms with van der Waals surface area (Å²) in [6.07, 6.45) is 3.36. The van der Waals surface area contributed by atoms with E-state index in [-0.39, 0.29) is 5.91 Å². The largest absolute Gasteiger partial charge is 0.462 e. The monoisotopic (exact) mass is 353 g/mol. The van der Waals surface area contributed by atoms with Crippen molar-refractivity contribution >= 4 is 34.3 Å². The molecule has 3 heterocycles. The number of thiazole rings is 2. The Morgan fingerprint density at radius 1 is 1.08 bits per heavy atom. The molecule has 24 heavy (non-hydrogen) atoms. The van der Waals surface area contributed by atoms with Gasteiger partial charge < -0.3 is 9.73 Å². The molecule has 3 aromatic heterocycles. The maximum atomic E-state index is 12.3. The second-order valence-corrected chi connectivity index (χ2v) is 6.64. The first-order chi connectivity index (χ1) is 11.8. The van der Waals surface area contributed by atoms with Crippen molar-refractivity contribution in [3.63, 3.8) is 0 Å². The summed E-state index contributed by atoms with van der Waals surface area (Å²) < 4.78 is 5.29. The highest BCUT2D eigenvalue weighted by Crippen LogP contribution is 2.25. The number of hydrogen-bond acceptors (Lipinski definition) is 6. The van der Waals surface area contributed by atoms with Crippen molar-refractivity contribution in [3.05, 3.63) is 65.3 Å². The van der Waals surface area contributed by atoms with Crippen LogP contribution in [0.3, 0.4) is 0 Å². The van der Waals surface area contributed by atoms with Crippen LogP contribution in [0.1, 0.15) is 10.5 Å². The van der Waals surface area contributed by atoms with E-state index in [1.165, 1.54) is 11.3 Å². The van der Waals surface area contributed by atoms with Crippen molar-refractivity contribution in [2.45, 2.75) is 0 Å². The molecule has 0 atom stereocenters. The Labute approximate surface area is 145 Å². The summed E-state index contributed by atoms with van der Waals surface area (Å²) in [6, 6.07) is 11.2. The van der Waals surface area contributed by atoms with Gasteiger partial charge in [-0.2, -0.15) is 0 Å². The van der Waals surface area contributed by atoms with Crippen molar-refractivity contribution in [2.75, 3.05) is 5.32 Å². The van der Waals surface area contributed by atoms with E-state index >= 15 is 0 Å². The smallest absolute Gasteiger partial charge is 0.275 e. The molecule has 0 bridgehead atoms. The van der Waals surface area contributed by atoms with Gasteiger partial charge in [0.05, 0.1) is 6.26 Å². The van der Waals surface area contributed by atoms with Crippen LogP contribution in [0.25, 0.3) is 21.3 Å². The molecule has 1 N–H and O–H groups in total. The molecule has 0 unspecified atom stereocenters. The number of anilines is 1. The molecule has 5 nitrogen and oxygen atoms in total. The molecule has 0 aliphatic heterocycles. The van der Waals surface area contributed by atoms with E-state index in [1.54, 1.807) is 35.2 Å². The van der Waals surface area contributed by atoms with Crippen LogP contribution in [0, 0.1) is 0 Å². The Morgan fingerprint density at radius 2 is 1.96 bits per heavy atom. The van der Waals surface area contributed by atoms with E-state index < -0.39 is 0 Å². The number of nitrogens with zero attached hydrogens (tertiary/aromatic N) is 2. The zero-order chi connectivity index (χ0) is 16.4. The lowest BCUT2D eigenvalue weighted by atomic mass is 10.2. The van der Waals surface area contributed by atoms with Crippen molar-refractivity contribution in [1.29, 1.82) is 0 Å². The quantitative estimate of drug-likeness (QED) is 0.573. The maximum Gasteiger partial charge on any atom is 0.275 e. The van der Waals surface area contributed by atoms with Gasteiger partial charge in [-0.15, -0.1) is 22.7 Å². The van der Waals surface area contributed by atoms with Gasteiger partial charge in [0, 0.05) is 28.2 Å². The van der Waals surface area contributed by atoms with Crippen LogP contribution in [0.5, 0.6) is 0 Å². The molecule has 1 amide bonds. The zero-order valence-corrected chi connectivity index (χ0v) is 13.9. The molecule has 0 aliphatic carbocycles. The maximum absolute atomic E-state index is 12.3. The van der Waals surface area contributed by atoms with Gasteiger partial charge in [-0.1, -0.05) is 0 Å². The Balaban J connectivity index is 1.48. The molecule has 0 saturated carbocycles. The minimum Gasteiger partial charge on any atom is -0.462 e. The van der Waals surface area contributed by atoms with Crippen molar-refractivity contribution in [2.24, 2.45) is 0 Å². The van der Waals surface area contributed by atoms with Gasteiger partial charge in [-0.05, 0) is 36.4 Å². The van der Waals surface area contributed by atoms with Crippen LogP contribution < -0.4 is 5.32 Å². The van der Waals surface area contributed by atoms with Crippen LogP contribution >= 0.6 is 22.7 Å². The van der Waals surface area contributed by atoms with Gasteiger partial charge in [0.25, 0.3) is 5.91 Å². The zero-order valence-electron chi connectivity index (χ0n) is 12.3. The molecule has 0 radical (unpaired) electrons. The number of furan rings is 1. The van der Waals surface area contributed by atoms with Gasteiger partial charge >= 0.3 is 0 Å². The molecule has 0 aliphatic rings. The average Bonchev–Trinajstić information content (AvgIpc) is 3.35. The number of amides is 1. The fourth-order valence-electron chi connectivity index (χ4n) is 2.15. The molecule has 0 fully saturated rings. The number of nitrogens with one attached hydrogen (secondary N) is 1. The minimum atomic E-state index is -0.244. The Hall–Kier alpha value is -2.77. The molecular weight excluding hydrogens is 342 g/mol. The highest BCUT2D eigenvalue weighted by atomic mass is 32.1. The lowest BCUT2D eigenvalue weighted by molar-refractivity contribution is 0.102. The summed E-state index contributed by atoms with van der Waals surface area (Å²) in [5.41, 5.74) is 2.11. The lowest BCUT2D eigenvalue weighted by Crippen LogP contribution is -2.12. The summed E-state index contributed by atoms with van der Waals surface area (Å²) in [7, 11) is 0. The van der Waals surface area contributed by atoms with E-state index in [4.69, 9.17) is 4.42 Å². The summed E-state index contributed by atoms with van der Waals surface area (Å²) in [5.74, 6) is 0.415. The third-order valence-electron chi connectivity index (χ3n) is 3.29. The molecule has 7 heteroatoms. The molecule has 118 valence electrons. The second kappa shape index (κ2) is 6.38. The van der Waals surface area contributed by atoms with Crippen LogP contribution in [0.15, 0.2) is 64.0 Å². The molecule has 1 aromatic carbocycles. The van der Waals surface area contributed by atoms with Crippen molar-refractivity contribution < 1.29 is 9.21 Å². The predicted octanol–water partition coefficient (Wildman–Crippen LogP) is 4.78. The molecule has 0 spiro atoms. The highest BCUT2D eigenvalue weighted by molar-refractivity contribution is 7.13. The standard InChI is InChI=1S/C17H11N3O2S2/c21-15(13-10-24-17(20-13)14-2-1-8-22-14)19-12-5-3-11(4-6-12)16-18-7-9-23-16/h1-10H,(H,19,21). The third kappa shape index (κ3) is 2.99. The van der Waals surface area contributed by atoms with E-state index in [2.05, 4.69) is 15.3 Å². The van der Waals surface area contributed by atoms with Crippen LogP contribution in [0.2, 0.25) is 0 Å². The minimum absolute atomic E-state index is 0.244. The Morgan fingerprint density at radius 3 is 2.67 bits per heavy atom. The highest BCUT2D eigenvalue weighted by Gasteiger charge is 2.13. The van der Waals surface area contributed by atoms with Gasteiger partial charge in [-0.3, -0.25) is 4.79 Å². The number of rotatable bonds is 4. The molecular formula is C17H11N3O2S2. The summed E-state index contributed by atoms with van der Waals surface area (Å²) in [4.78, 5) is 20.9. The average molecular weight is 353 g/mol. The van der Waals surface area contributed by atoms with Crippen LogP contribution in [-0.4, -0.2) is 15.9 Å². The fraction of sp³-hybridized carbons (Fsp3) is 0. The van der Waals surface area contributed by atoms with Gasteiger partial charge in [0.1, 0.15) is 10.7 Å². The number of carbonyl (C=O) groups excluding carboxylic acids is 1. The Bertz CT molecular complexity index is 942. The fourth-order valence-corrected chi connectivity index (χ4v) is 3.56. The molecule has 0 saturated heterocycles. The van der Waals surface area contributed by atoms with Gasteiger partial charge in [-0.25, -0.2) is 9.97 Å². The summed E-state index contributed by atoms with van der Waals surface area (Å²) >= 11 is 2.95. The summed E-state index contributed by atoms with van der Waals surface area (Å²) in [6.45, 7) is 0. The normalized spacial score (nSPS) is 10.7. The first-order valence-electron chi connectivity index (χ1n) is 7.10. The predicted molar refractivity (Wildman–Crippen MR) is 95.3 cm³/mol. The van der Waals surface area contributed by atoms with Crippen molar-refractivity contribution in [1.82, 2.24) is 9.97 Å². The van der Waals surface area contributed by atoms with Crippen LogP contribution in [-0.2, 0) is 0 Å². The molecule has 4 aromatic rings. The van der Waals surface area contributed by atoms with Gasteiger partial charge in [0.15, 0.2) is 10.8 Å². The third-order valence-corrected chi connectivity index (χ3v) is 4.97. The number of aromatic nitrogens is 2. The topological polar surface area (TPSA) is 68.0 Å². The lowest BCUT2D eigenvalue weighted by Gasteiger charge is -2.04. The first kappa shape index (κ1) is 14.8. The first-order valence-corrected chi connectivity index (χ1v) is 8.86. The van der Waals surface area contributed by atoms with Crippen LogP contribution in [0.4, 0.5) is 5.69 Å². The van der Waals surface area contributed by atoms with E-state index in [0.717, 1.165) is 10.6 Å². The van der Waals surface area contributed by atoms with Crippen molar-refractivity contribution in [3.8, 4) is 21.3 Å². The second-order valence-electron chi connectivity index (χ2n) is 4.88. The Kier molecular flexibility index (Phi) is 3.94. The van der Waals surface area contributed by atoms with E-state index in [9.17, 15) is 4.79 Å². The van der Waals surface area contributed by atoms with E-state index in [1.807, 2.05) is 35.7 Å². The number of carbonyl (C=O) groups is 1. The SMILES string of the molecule is O=C(Nc1ccc(-c2nccs2)cc1)c1csc(-c2ccco2)n1. The number of hydrogen-bond donors (Lipinski definition) is 1. The summed E-state index contributed by atoms with van der Waals surface area (Å²) in [5, 5.41) is 8.14. The number of benzene rings is 1. The van der Waals surface area contributed by atoms with E-state index in [0.29, 0.717) is 22.1 Å².